The van der Waals surface area contributed by atoms with Crippen molar-refractivity contribution in [2.75, 3.05) is 13.1 Å². The summed E-state index contributed by atoms with van der Waals surface area (Å²) < 4.78 is 2.38. The fraction of sp³-hybridized carbons (Fsp3) is 0.714. The minimum absolute atomic E-state index is 0.972. The predicted octanol–water partition coefficient (Wildman–Crippen LogP) is 2.62. The van der Waals surface area contributed by atoms with Gasteiger partial charge in [0.15, 0.2) is 0 Å². The van der Waals surface area contributed by atoms with Crippen molar-refractivity contribution in [2.45, 2.75) is 53.1 Å². The van der Waals surface area contributed by atoms with E-state index in [1.165, 1.54) is 49.3 Å². The average Bonchev–Trinajstić information content (AvgIpc) is 2.63. The molecule has 3 nitrogen and oxygen atoms in total. The maximum absolute atomic E-state index is 3.56. The van der Waals surface area contributed by atoms with Crippen molar-refractivity contribution in [3.8, 4) is 0 Å². The molecule has 0 unspecified atom stereocenters. The molecule has 96 valence electrons. The van der Waals surface area contributed by atoms with Crippen molar-refractivity contribution in [1.82, 2.24) is 15.0 Å². The molecule has 0 bridgehead atoms. The summed E-state index contributed by atoms with van der Waals surface area (Å²) in [5, 5.41) is 2.38. The quantitative estimate of drug-likeness (QED) is 0.865. The Kier molecular flexibility index (Phi) is 4.24. The van der Waals surface area contributed by atoms with Gasteiger partial charge in [0.25, 0.3) is 0 Å². The molecule has 17 heavy (non-hydrogen) atoms. The number of hydrogen-bond acceptors (Lipinski definition) is 2. The van der Waals surface area contributed by atoms with Crippen molar-refractivity contribution in [3.63, 3.8) is 0 Å². The minimum Gasteiger partial charge on any atom is -0.349 e. The molecule has 2 heterocycles. The fourth-order valence-corrected chi connectivity index (χ4v) is 2.79. The molecule has 1 aromatic rings. The van der Waals surface area contributed by atoms with Gasteiger partial charge in [-0.05, 0) is 45.2 Å². The maximum Gasteiger partial charge on any atom is 0.0371 e. The predicted molar refractivity (Wildman–Crippen MR) is 71.8 cm³/mol. The van der Waals surface area contributed by atoms with E-state index in [0.29, 0.717) is 0 Å². The Balaban J connectivity index is 1.94. The third-order valence-electron chi connectivity index (χ3n) is 3.84. The molecule has 0 aliphatic carbocycles. The molecule has 0 aromatic carbocycles. The van der Waals surface area contributed by atoms with E-state index < -0.39 is 0 Å². The average molecular weight is 235 g/mol. The lowest BCUT2D eigenvalue weighted by atomic mass is 10.2. The first-order chi connectivity index (χ1) is 8.22. The molecule has 2 rings (SSSR count). The Morgan fingerprint density at radius 2 is 1.88 bits per heavy atom. The molecule has 1 saturated heterocycles. The number of rotatable bonds is 4. The summed E-state index contributed by atoms with van der Waals surface area (Å²) in [4.78, 5) is 0. The zero-order valence-electron chi connectivity index (χ0n) is 11.4. The highest BCUT2D eigenvalue weighted by atomic mass is 15.5. The van der Waals surface area contributed by atoms with E-state index in [2.05, 4.69) is 41.8 Å². The van der Waals surface area contributed by atoms with E-state index in [0.717, 1.165) is 13.1 Å². The van der Waals surface area contributed by atoms with Crippen LogP contribution in [0, 0.1) is 13.8 Å². The van der Waals surface area contributed by atoms with E-state index in [4.69, 9.17) is 0 Å². The lowest BCUT2D eigenvalue weighted by molar-refractivity contribution is 0.151. The summed E-state index contributed by atoms with van der Waals surface area (Å²) in [6, 6.07) is 2.32. The fourth-order valence-electron chi connectivity index (χ4n) is 2.79. The maximum atomic E-state index is 3.56. The molecule has 0 spiro atoms. The van der Waals surface area contributed by atoms with Gasteiger partial charge in [0.1, 0.15) is 0 Å². The van der Waals surface area contributed by atoms with Crippen LogP contribution in [0.3, 0.4) is 0 Å². The molecular weight excluding hydrogens is 210 g/mol. The zero-order valence-corrected chi connectivity index (χ0v) is 11.4. The first-order valence-corrected chi connectivity index (χ1v) is 6.86. The molecule has 1 fully saturated rings. The van der Waals surface area contributed by atoms with Crippen molar-refractivity contribution in [3.05, 3.63) is 23.0 Å². The molecule has 0 atom stereocenters. The number of aryl methyl sites for hydroxylation is 1. The number of hydrazine groups is 1. The van der Waals surface area contributed by atoms with Gasteiger partial charge in [-0.2, -0.15) is 0 Å². The highest BCUT2D eigenvalue weighted by Gasteiger charge is 2.11. The summed E-state index contributed by atoms with van der Waals surface area (Å²) in [5.41, 5.74) is 7.79. The monoisotopic (exact) mass is 235 g/mol. The van der Waals surface area contributed by atoms with Gasteiger partial charge in [0.05, 0.1) is 0 Å². The van der Waals surface area contributed by atoms with Crippen LogP contribution in [-0.4, -0.2) is 22.7 Å². The van der Waals surface area contributed by atoms with Crippen LogP contribution in [0.5, 0.6) is 0 Å². The summed E-state index contributed by atoms with van der Waals surface area (Å²) in [5.74, 6) is 0. The van der Waals surface area contributed by atoms with Crippen LogP contribution in [-0.2, 0) is 13.1 Å². The molecule has 1 aromatic heterocycles. The first kappa shape index (κ1) is 12.7. The van der Waals surface area contributed by atoms with Gasteiger partial charge < -0.3 is 4.57 Å². The lowest BCUT2D eigenvalue weighted by Gasteiger charge is -2.27. The number of hydrogen-bond donors (Lipinski definition) is 1. The van der Waals surface area contributed by atoms with Gasteiger partial charge in [0, 0.05) is 37.6 Å². The summed E-state index contributed by atoms with van der Waals surface area (Å²) >= 11 is 0. The van der Waals surface area contributed by atoms with Crippen molar-refractivity contribution in [1.29, 1.82) is 0 Å². The second-order valence-corrected chi connectivity index (χ2v) is 5.02. The standard InChI is InChI=1S/C14H25N3/c1-4-17-12(2)10-14(13(17)3)11-15-16-8-6-5-7-9-16/h10,15H,4-9,11H2,1-3H3. The van der Waals surface area contributed by atoms with Crippen LogP contribution in [0.2, 0.25) is 0 Å². The number of piperidine rings is 1. The first-order valence-electron chi connectivity index (χ1n) is 6.86. The Morgan fingerprint density at radius 3 is 2.47 bits per heavy atom. The van der Waals surface area contributed by atoms with E-state index in [1.54, 1.807) is 0 Å². The van der Waals surface area contributed by atoms with Gasteiger partial charge in [-0.1, -0.05) is 6.42 Å². The summed E-state index contributed by atoms with van der Waals surface area (Å²) in [6.07, 6.45) is 4.06. The third-order valence-corrected chi connectivity index (χ3v) is 3.84. The topological polar surface area (TPSA) is 20.2 Å². The van der Waals surface area contributed by atoms with Crippen LogP contribution < -0.4 is 5.43 Å². The molecule has 1 aliphatic heterocycles. The van der Waals surface area contributed by atoms with Crippen molar-refractivity contribution < 1.29 is 0 Å². The molecule has 1 N–H and O–H groups in total. The van der Waals surface area contributed by atoms with Crippen LogP contribution in [0.1, 0.15) is 43.1 Å². The normalized spacial score (nSPS) is 17.6. The summed E-state index contributed by atoms with van der Waals surface area (Å²) in [7, 11) is 0. The number of aromatic nitrogens is 1. The third kappa shape index (κ3) is 2.90. The Labute approximate surface area is 105 Å². The second kappa shape index (κ2) is 5.69. The Bertz CT molecular complexity index is 362. The van der Waals surface area contributed by atoms with Gasteiger partial charge >= 0.3 is 0 Å². The number of nitrogens with one attached hydrogen (secondary N) is 1. The van der Waals surface area contributed by atoms with Crippen LogP contribution in [0.15, 0.2) is 6.07 Å². The second-order valence-electron chi connectivity index (χ2n) is 5.02. The van der Waals surface area contributed by atoms with Crippen molar-refractivity contribution >= 4 is 0 Å². The van der Waals surface area contributed by atoms with Crippen LogP contribution in [0.25, 0.3) is 0 Å². The van der Waals surface area contributed by atoms with Crippen LogP contribution in [0.4, 0.5) is 0 Å². The molecule has 3 heteroatoms. The summed E-state index contributed by atoms with van der Waals surface area (Å²) in [6.45, 7) is 11.1. The largest absolute Gasteiger partial charge is 0.349 e. The molecular formula is C14H25N3. The number of nitrogens with zero attached hydrogens (tertiary/aromatic N) is 2. The van der Waals surface area contributed by atoms with Gasteiger partial charge in [-0.15, -0.1) is 0 Å². The highest BCUT2D eigenvalue weighted by molar-refractivity contribution is 5.26. The zero-order chi connectivity index (χ0) is 12.3. The van der Waals surface area contributed by atoms with E-state index in [9.17, 15) is 0 Å². The van der Waals surface area contributed by atoms with Gasteiger partial charge in [-0.25, -0.2) is 5.01 Å². The molecule has 0 saturated carbocycles. The molecule has 1 aliphatic rings. The Hall–Kier alpha value is -0.800. The lowest BCUT2D eigenvalue weighted by Crippen LogP contribution is -2.41. The smallest absolute Gasteiger partial charge is 0.0371 e. The molecule has 0 amide bonds. The minimum atomic E-state index is 0.972. The van der Waals surface area contributed by atoms with E-state index in [1.807, 2.05) is 0 Å². The van der Waals surface area contributed by atoms with Gasteiger partial charge in [0.2, 0.25) is 0 Å². The Morgan fingerprint density at radius 1 is 1.18 bits per heavy atom. The highest BCUT2D eigenvalue weighted by Crippen LogP contribution is 2.15. The molecule has 0 radical (unpaired) electrons. The SMILES string of the molecule is CCn1c(C)cc(CNN2CCCCC2)c1C. The van der Waals surface area contributed by atoms with Gasteiger partial charge in [-0.3, -0.25) is 5.43 Å². The van der Waals surface area contributed by atoms with Crippen molar-refractivity contribution in [2.24, 2.45) is 0 Å². The van der Waals surface area contributed by atoms with E-state index >= 15 is 0 Å². The van der Waals surface area contributed by atoms with Crippen LogP contribution >= 0.6 is 0 Å². The van der Waals surface area contributed by atoms with E-state index in [-0.39, 0.29) is 0 Å².